The van der Waals surface area contributed by atoms with E-state index in [2.05, 4.69) is 18.9 Å². The summed E-state index contributed by atoms with van der Waals surface area (Å²) in [6, 6.07) is 0. The van der Waals surface area contributed by atoms with Crippen molar-refractivity contribution in [2.24, 2.45) is 5.92 Å². The molecule has 0 N–H and O–H groups in total. The van der Waals surface area contributed by atoms with Crippen LogP contribution >= 0.6 is 0 Å². The van der Waals surface area contributed by atoms with Gasteiger partial charge in [-0.25, -0.2) is 0 Å². The Morgan fingerprint density at radius 3 is 2.70 bits per heavy atom. The Bertz CT molecular complexity index is 105. The van der Waals surface area contributed by atoms with Crippen molar-refractivity contribution in [2.75, 3.05) is 27.2 Å². The maximum absolute atomic E-state index is 5.33. The lowest BCUT2D eigenvalue weighted by Crippen LogP contribution is -2.40. The molecule has 0 aliphatic carbocycles. The Morgan fingerprint density at radius 1 is 1.50 bits per heavy atom. The first kappa shape index (κ1) is 8.02. The summed E-state index contributed by atoms with van der Waals surface area (Å²) >= 11 is 0. The maximum Gasteiger partial charge on any atom is 0.0621 e. The molecule has 0 radical (unpaired) electrons. The van der Waals surface area contributed by atoms with Crippen LogP contribution in [0.25, 0.3) is 0 Å². The molecule has 0 unspecified atom stereocenters. The van der Waals surface area contributed by atoms with Crippen molar-refractivity contribution in [1.29, 1.82) is 0 Å². The number of piperidine rings is 1. The van der Waals surface area contributed by atoms with Gasteiger partial charge in [0.25, 0.3) is 0 Å². The summed E-state index contributed by atoms with van der Waals surface area (Å²) in [5.41, 5.74) is 0. The first-order valence-electron chi connectivity index (χ1n) is 3.95. The predicted molar refractivity (Wildman–Crippen MR) is 42.1 cm³/mol. The number of hydrogen-bond donors (Lipinski definition) is 0. The second-order valence-electron chi connectivity index (χ2n) is 3.30. The highest BCUT2D eigenvalue weighted by molar-refractivity contribution is 4.75. The van der Waals surface area contributed by atoms with Gasteiger partial charge in [-0.3, -0.25) is 0 Å². The summed E-state index contributed by atoms with van der Waals surface area (Å²) in [6.07, 6.45) is 1.69. The Labute approximate surface area is 63.2 Å². The molecule has 2 heteroatoms. The SMILES string of the molecule is CO[C@H]1CCN(C)C[C@H]1C. The number of rotatable bonds is 1. The van der Waals surface area contributed by atoms with Crippen LogP contribution in [0.4, 0.5) is 0 Å². The summed E-state index contributed by atoms with van der Waals surface area (Å²) in [6.45, 7) is 4.62. The largest absolute Gasteiger partial charge is 0.381 e. The minimum Gasteiger partial charge on any atom is -0.381 e. The molecule has 0 amide bonds. The van der Waals surface area contributed by atoms with Crippen LogP contribution in [0.15, 0.2) is 0 Å². The van der Waals surface area contributed by atoms with E-state index in [1.54, 1.807) is 0 Å². The van der Waals surface area contributed by atoms with Gasteiger partial charge in [-0.15, -0.1) is 0 Å². The van der Waals surface area contributed by atoms with Gasteiger partial charge in [-0.1, -0.05) is 6.92 Å². The molecular weight excluding hydrogens is 126 g/mol. The van der Waals surface area contributed by atoms with Gasteiger partial charge in [0.05, 0.1) is 6.10 Å². The van der Waals surface area contributed by atoms with Gasteiger partial charge in [0.1, 0.15) is 0 Å². The van der Waals surface area contributed by atoms with Gasteiger partial charge in [-0.2, -0.15) is 0 Å². The van der Waals surface area contributed by atoms with Gasteiger partial charge in [0.15, 0.2) is 0 Å². The van der Waals surface area contributed by atoms with Crippen LogP contribution in [-0.2, 0) is 4.74 Å². The van der Waals surface area contributed by atoms with Crippen molar-refractivity contribution in [3.05, 3.63) is 0 Å². The molecule has 0 bridgehead atoms. The van der Waals surface area contributed by atoms with Gasteiger partial charge in [0.2, 0.25) is 0 Å². The third-order valence-electron chi connectivity index (χ3n) is 2.33. The lowest BCUT2D eigenvalue weighted by Gasteiger charge is -2.33. The van der Waals surface area contributed by atoms with Crippen molar-refractivity contribution >= 4 is 0 Å². The molecular formula is C8H17NO. The zero-order valence-electron chi connectivity index (χ0n) is 7.13. The van der Waals surface area contributed by atoms with E-state index in [-0.39, 0.29) is 0 Å². The highest BCUT2D eigenvalue weighted by Gasteiger charge is 2.23. The lowest BCUT2D eigenvalue weighted by atomic mass is 9.97. The minimum atomic E-state index is 0.496. The second-order valence-corrected chi connectivity index (χ2v) is 3.30. The fourth-order valence-electron chi connectivity index (χ4n) is 1.68. The number of ether oxygens (including phenoxy) is 1. The van der Waals surface area contributed by atoms with Crippen LogP contribution in [0.5, 0.6) is 0 Å². The molecule has 1 aliphatic rings. The summed E-state index contributed by atoms with van der Waals surface area (Å²) in [5.74, 6) is 0.698. The fourth-order valence-corrected chi connectivity index (χ4v) is 1.68. The van der Waals surface area contributed by atoms with Crippen LogP contribution in [0, 0.1) is 5.92 Å². The molecule has 0 aromatic carbocycles. The van der Waals surface area contributed by atoms with Gasteiger partial charge in [0, 0.05) is 20.2 Å². The quantitative estimate of drug-likeness (QED) is 0.542. The van der Waals surface area contributed by atoms with E-state index in [9.17, 15) is 0 Å². The van der Waals surface area contributed by atoms with E-state index in [0.29, 0.717) is 12.0 Å². The summed E-state index contributed by atoms with van der Waals surface area (Å²) in [4.78, 5) is 2.36. The van der Waals surface area contributed by atoms with Crippen molar-refractivity contribution in [3.63, 3.8) is 0 Å². The average molecular weight is 143 g/mol. The third-order valence-corrected chi connectivity index (χ3v) is 2.33. The Balaban J connectivity index is 2.36. The number of hydrogen-bond acceptors (Lipinski definition) is 2. The van der Waals surface area contributed by atoms with Crippen molar-refractivity contribution in [2.45, 2.75) is 19.4 Å². The molecule has 1 aliphatic heterocycles. The van der Waals surface area contributed by atoms with Crippen LogP contribution in [0.3, 0.4) is 0 Å². The molecule has 0 saturated carbocycles. The van der Waals surface area contributed by atoms with E-state index in [1.165, 1.54) is 19.5 Å². The van der Waals surface area contributed by atoms with Crippen LogP contribution in [0.1, 0.15) is 13.3 Å². The minimum absolute atomic E-state index is 0.496. The predicted octanol–water partition coefficient (Wildman–Crippen LogP) is 0.973. The van der Waals surface area contributed by atoms with Crippen LogP contribution < -0.4 is 0 Å². The maximum atomic E-state index is 5.33. The Hall–Kier alpha value is -0.0800. The summed E-state index contributed by atoms with van der Waals surface area (Å²) in [7, 11) is 3.98. The van der Waals surface area contributed by atoms with E-state index in [1.807, 2.05) is 7.11 Å². The van der Waals surface area contributed by atoms with E-state index < -0.39 is 0 Å². The first-order valence-corrected chi connectivity index (χ1v) is 3.95. The summed E-state index contributed by atoms with van der Waals surface area (Å²) < 4.78 is 5.33. The number of methoxy groups -OCH3 is 1. The molecule has 0 aromatic rings. The van der Waals surface area contributed by atoms with Crippen molar-refractivity contribution in [3.8, 4) is 0 Å². The Morgan fingerprint density at radius 2 is 2.20 bits per heavy atom. The fraction of sp³-hybridized carbons (Fsp3) is 1.00. The zero-order chi connectivity index (χ0) is 7.56. The monoisotopic (exact) mass is 143 g/mol. The molecule has 1 heterocycles. The topological polar surface area (TPSA) is 12.5 Å². The molecule has 10 heavy (non-hydrogen) atoms. The second kappa shape index (κ2) is 3.35. The van der Waals surface area contributed by atoms with Gasteiger partial charge < -0.3 is 9.64 Å². The number of nitrogens with zero attached hydrogens (tertiary/aromatic N) is 1. The average Bonchev–Trinajstić information content (AvgIpc) is 1.88. The first-order chi connectivity index (χ1) is 4.74. The van der Waals surface area contributed by atoms with Gasteiger partial charge >= 0.3 is 0 Å². The molecule has 60 valence electrons. The number of likely N-dealkylation sites (tertiary alicyclic amines) is 1. The molecule has 0 aromatic heterocycles. The van der Waals surface area contributed by atoms with Crippen molar-refractivity contribution in [1.82, 2.24) is 4.90 Å². The molecule has 1 saturated heterocycles. The van der Waals surface area contributed by atoms with Crippen LogP contribution in [0.2, 0.25) is 0 Å². The van der Waals surface area contributed by atoms with Crippen LogP contribution in [-0.4, -0.2) is 38.3 Å². The van der Waals surface area contributed by atoms with E-state index >= 15 is 0 Å². The zero-order valence-corrected chi connectivity index (χ0v) is 7.13. The molecule has 0 spiro atoms. The lowest BCUT2D eigenvalue weighted by molar-refractivity contribution is 0.00750. The van der Waals surface area contributed by atoms with E-state index in [0.717, 1.165) is 0 Å². The van der Waals surface area contributed by atoms with E-state index in [4.69, 9.17) is 4.74 Å². The summed E-state index contributed by atoms with van der Waals surface area (Å²) in [5, 5.41) is 0. The molecule has 2 atom stereocenters. The smallest absolute Gasteiger partial charge is 0.0621 e. The normalized spacial score (nSPS) is 36.3. The highest BCUT2D eigenvalue weighted by Crippen LogP contribution is 2.17. The van der Waals surface area contributed by atoms with Crippen molar-refractivity contribution < 1.29 is 4.74 Å². The molecule has 2 nitrogen and oxygen atoms in total. The molecule has 1 rings (SSSR count). The third kappa shape index (κ3) is 1.70. The Kier molecular flexibility index (Phi) is 2.69. The molecule has 1 fully saturated rings. The van der Waals surface area contributed by atoms with Gasteiger partial charge in [-0.05, 0) is 19.4 Å². The highest BCUT2D eigenvalue weighted by atomic mass is 16.5. The standard InChI is InChI=1S/C8H17NO/c1-7-6-9(2)5-4-8(7)10-3/h7-8H,4-6H2,1-3H3/t7-,8+/m1/s1.